The van der Waals surface area contributed by atoms with E-state index in [1.54, 1.807) is 7.11 Å². The van der Waals surface area contributed by atoms with Crippen LogP contribution in [0.15, 0.2) is 24.3 Å². The molecule has 1 aromatic carbocycles. The number of amides is 1. The molecule has 20 heavy (non-hydrogen) atoms. The van der Waals surface area contributed by atoms with Crippen LogP contribution in [0, 0.1) is 5.92 Å². The summed E-state index contributed by atoms with van der Waals surface area (Å²) < 4.78 is 5.26. The van der Waals surface area contributed by atoms with Crippen molar-refractivity contribution in [2.45, 2.75) is 32.7 Å². The van der Waals surface area contributed by atoms with Crippen molar-refractivity contribution in [2.75, 3.05) is 25.5 Å². The van der Waals surface area contributed by atoms with Crippen LogP contribution in [0.1, 0.15) is 26.7 Å². The highest BCUT2D eigenvalue weighted by atomic mass is 16.5. The summed E-state index contributed by atoms with van der Waals surface area (Å²) in [6.45, 7) is 6.23. The summed E-state index contributed by atoms with van der Waals surface area (Å²) in [7, 11) is 1.61. The van der Waals surface area contributed by atoms with Gasteiger partial charge in [-0.3, -0.25) is 9.69 Å². The third-order valence-electron chi connectivity index (χ3n) is 3.98. The number of carbonyl (C=O) groups is 1. The van der Waals surface area contributed by atoms with Crippen molar-refractivity contribution in [1.29, 1.82) is 0 Å². The monoisotopic (exact) mass is 276 g/mol. The lowest BCUT2D eigenvalue weighted by Gasteiger charge is -2.34. The minimum Gasteiger partial charge on any atom is -0.495 e. The fourth-order valence-corrected chi connectivity index (χ4v) is 2.73. The Kier molecular flexibility index (Phi) is 5.01. The van der Waals surface area contributed by atoms with Crippen molar-refractivity contribution < 1.29 is 9.53 Å². The van der Waals surface area contributed by atoms with Crippen LogP contribution in [0.2, 0.25) is 0 Å². The van der Waals surface area contributed by atoms with Crippen LogP contribution in [-0.4, -0.2) is 37.0 Å². The molecule has 0 aliphatic carbocycles. The van der Waals surface area contributed by atoms with E-state index in [-0.39, 0.29) is 11.9 Å². The average molecular weight is 276 g/mol. The van der Waals surface area contributed by atoms with E-state index in [2.05, 4.69) is 17.1 Å². The van der Waals surface area contributed by atoms with Crippen LogP contribution in [0.5, 0.6) is 5.75 Å². The number of anilines is 1. The largest absolute Gasteiger partial charge is 0.495 e. The van der Waals surface area contributed by atoms with Gasteiger partial charge in [0.2, 0.25) is 5.91 Å². The van der Waals surface area contributed by atoms with E-state index in [0.29, 0.717) is 11.7 Å². The molecule has 2 rings (SSSR count). The van der Waals surface area contributed by atoms with E-state index in [1.165, 1.54) is 12.8 Å². The average Bonchev–Trinajstić information content (AvgIpc) is 2.47. The summed E-state index contributed by atoms with van der Waals surface area (Å²) in [5.74, 6) is 1.40. The summed E-state index contributed by atoms with van der Waals surface area (Å²) in [5.41, 5.74) is 0.733. The zero-order valence-corrected chi connectivity index (χ0v) is 12.6. The number of hydrogen-bond acceptors (Lipinski definition) is 3. The Labute approximate surface area is 121 Å². The number of nitrogens with zero attached hydrogens (tertiary/aromatic N) is 1. The highest BCUT2D eigenvalue weighted by Crippen LogP contribution is 2.24. The molecule has 1 N–H and O–H groups in total. The predicted octanol–water partition coefficient (Wildman–Crippen LogP) is 2.75. The SMILES string of the molecule is COc1ccccc1NC(=O)C(C)N1CCCC(C)C1. The van der Waals surface area contributed by atoms with Gasteiger partial charge < -0.3 is 10.1 Å². The fourth-order valence-electron chi connectivity index (χ4n) is 2.73. The summed E-state index contributed by atoms with van der Waals surface area (Å²) in [4.78, 5) is 14.6. The first-order valence-electron chi connectivity index (χ1n) is 7.29. The lowest BCUT2D eigenvalue weighted by Crippen LogP contribution is -2.46. The number of benzene rings is 1. The second-order valence-corrected chi connectivity index (χ2v) is 5.61. The topological polar surface area (TPSA) is 41.6 Å². The second kappa shape index (κ2) is 6.75. The number of carbonyl (C=O) groups excluding carboxylic acids is 1. The molecule has 0 spiro atoms. The van der Waals surface area contributed by atoms with Gasteiger partial charge in [-0.25, -0.2) is 0 Å². The molecule has 110 valence electrons. The van der Waals surface area contributed by atoms with Crippen LogP contribution in [-0.2, 0) is 4.79 Å². The Morgan fingerprint density at radius 3 is 2.90 bits per heavy atom. The lowest BCUT2D eigenvalue weighted by molar-refractivity contribution is -0.121. The van der Waals surface area contributed by atoms with Crippen molar-refractivity contribution >= 4 is 11.6 Å². The van der Waals surface area contributed by atoms with Crippen molar-refractivity contribution in [3.8, 4) is 5.75 Å². The van der Waals surface area contributed by atoms with E-state index in [4.69, 9.17) is 4.74 Å². The van der Waals surface area contributed by atoms with Gasteiger partial charge in [0.1, 0.15) is 5.75 Å². The standard InChI is InChI=1S/C16H24N2O2/c1-12-7-6-10-18(11-12)13(2)16(19)17-14-8-4-5-9-15(14)20-3/h4-5,8-9,12-13H,6-7,10-11H2,1-3H3,(H,17,19). The summed E-state index contributed by atoms with van der Waals surface area (Å²) in [6.07, 6.45) is 2.44. The van der Waals surface area contributed by atoms with Gasteiger partial charge in [0.05, 0.1) is 18.8 Å². The molecule has 4 heteroatoms. The summed E-state index contributed by atoms with van der Waals surface area (Å²) >= 11 is 0. The first-order valence-corrected chi connectivity index (χ1v) is 7.29. The second-order valence-electron chi connectivity index (χ2n) is 5.61. The molecule has 1 aliphatic rings. The molecule has 1 saturated heterocycles. The molecule has 1 fully saturated rings. The normalized spacial score (nSPS) is 21.2. The Bertz CT molecular complexity index is 462. The number of hydrogen-bond donors (Lipinski definition) is 1. The van der Waals surface area contributed by atoms with Crippen LogP contribution in [0.3, 0.4) is 0 Å². The molecule has 0 radical (unpaired) electrons. The third-order valence-corrected chi connectivity index (χ3v) is 3.98. The molecule has 2 atom stereocenters. The smallest absolute Gasteiger partial charge is 0.241 e. The number of nitrogens with one attached hydrogen (secondary N) is 1. The molecule has 4 nitrogen and oxygen atoms in total. The minimum atomic E-state index is -0.109. The van der Waals surface area contributed by atoms with Crippen molar-refractivity contribution in [1.82, 2.24) is 4.90 Å². The Morgan fingerprint density at radius 2 is 2.20 bits per heavy atom. The number of para-hydroxylation sites is 2. The van der Waals surface area contributed by atoms with Gasteiger partial charge in [0.25, 0.3) is 0 Å². The number of piperidine rings is 1. The molecule has 2 unspecified atom stereocenters. The predicted molar refractivity (Wildman–Crippen MR) is 81.1 cm³/mol. The van der Waals surface area contributed by atoms with Gasteiger partial charge in [0.15, 0.2) is 0 Å². The number of ether oxygens (including phenoxy) is 1. The van der Waals surface area contributed by atoms with Gasteiger partial charge in [-0.1, -0.05) is 19.1 Å². The van der Waals surface area contributed by atoms with Crippen LogP contribution in [0.25, 0.3) is 0 Å². The van der Waals surface area contributed by atoms with Gasteiger partial charge in [-0.15, -0.1) is 0 Å². The maximum atomic E-state index is 12.4. The van der Waals surface area contributed by atoms with Gasteiger partial charge in [-0.05, 0) is 44.4 Å². The maximum absolute atomic E-state index is 12.4. The number of methoxy groups -OCH3 is 1. The zero-order valence-electron chi connectivity index (χ0n) is 12.6. The van der Waals surface area contributed by atoms with E-state index in [9.17, 15) is 4.79 Å². The van der Waals surface area contributed by atoms with Crippen LogP contribution in [0.4, 0.5) is 5.69 Å². The fraction of sp³-hybridized carbons (Fsp3) is 0.562. The number of rotatable bonds is 4. The van der Waals surface area contributed by atoms with Gasteiger partial charge in [0, 0.05) is 6.54 Å². The quantitative estimate of drug-likeness (QED) is 0.919. The molecular weight excluding hydrogens is 252 g/mol. The lowest BCUT2D eigenvalue weighted by atomic mass is 9.99. The van der Waals surface area contributed by atoms with E-state index in [1.807, 2.05) is 31.2 Å². The highest BCUT2D eigenvalue weighted by molar-refractivity contribution is 5.95. The van der Waals surface area contributed by atoms with Crippen LogP contribution < -0.4 is 10.1 Å². The summed E-state index contributed by atoms with van der Waals surface area (Å²) in [6, 6.07) is 7.39. The maximum Gasteiger partial charge on any atom is 0.241 e. The molecule has 0 saturated carbocycles. The first kappa shape index (κ1) is 14.9. The molecule has 1 amide bonds. The summed E-state index contributed by atoms with van der Waals surface area (Å²) in [5, 5.41) is 2.97. The highest BCUT2D eigenvalue weighted by Gasteiger charge is 2.25. The molecule has 0 bridgehead atoms. The molecular formula is C16H24N2O2. The number of likely N-dealkylation sites (tertiary alicyclic amines) is 1. The van der Waals surface area contributed by atoms with Crippen molar-refractivity contribution in [3.05, 3.63) is 24.3 Å². The van der Waals surface area contributed by atoms with E-state index >= 15 is 0 Å². The molecule has 1 aliphatic heterocycles. The molecule has 0 aromatic heterocycles. The third kappa shape index (κ3) is 3.51. The van der Waals surface area contributed by atoms with E-state index in [0.717, 1.165) is 18.8 Å². The van der Waals surface area contributed by atoms with E-state index < -0.39 is 0 Å². The van der Waals surface area contributed by atoms with Gasteiger partial charge in [-0.2, -0.15) is 0 Å². The van der Waals surface area contributed by atoms with Crippen molar-refractivity contribution in [2.24, 2.45) is 5.92 Å². The Morgan fingerprint density at radius 1 is 1.45 bits per heavy atom. The first-order chi connectivity index (χ1) is 9.61. The molecule has 1 aromatic rings. The Balaban J connectivity index is 2.00. The Hall–Kier alpha value is -1.55. The van der Waals surface area contributed by atoms with Crippen LogP contribution >= 0.6 is 0 Å². The minimum absolute atomic E-state index is 0.0311. The molecule has 1 heterocycles. The zero-order chi connectivity index (χ0) is 14.5. The van der Waals surface area contributed by atoms with Crippen molar-refractivity contribution in [3.63, 3.8) is 0 Å². The van der Waals surface area contributed by atoms with Gasteiger partial charge >= 0.3 is 0 Å².